The number of hydrazine groups is 1. The van der Waals surface area contributed by atoms with Gasteiger partial charge in [-0.05, 0) is 58.5 Å². The van der Waals surface area contributed by atoms with Crippen LogP contribution >= 0.6 is 22.6 Å². The molecule has 2 aromatic rings. The standard InChI is InChI=1S/C18H14IN3O4/c19-14-9-11(6-7-15(14)26-10-16(20)23)8-13-17(24)21-22(18(13)25)12-4-2-1-3-5-12/h1-9H,10H2,(H2,20,23)(H,21,24). The fraction of sp³-hybridized carbons (Fsp3) is 0.0556. The third kappa shape index (κ3) is 3.85. The van der Waals surface area contributed by atoms with E-state index in [1.807, 2.05) is 28.7 Å². The molecule has 0 atom stereocenters. The van der Waals surface area contributed by atoms with Crippen molar-refractivity contribution in [1.29, 1.82) is 0 Å². The molecule has 0 aliphatic carbocycles. The quantitative estimate of drug-likeness (QED) is 0.400. The molecule has 1 fully saturated rings. The summed E-state index contributed by atoms with van der Waals surface area (Å²) in [7, 11) is 0. The van der Waals surface area contributed by atoms with E-state index in [-0.39, 0.29) is 12.2 Å². The summed E-state index contributed by atoms with van der Waals surface area (Å²) in [5, 5.41) is 1.21. The number of halogens is 1. The number of carbonyl (C=O) groups is 3. The maximum atomic E-state index is 12.5. The first-order valence-corrected chi connectivity index (χ1v) is 8.66. The zero-order chi connectivity index (χ0) is 18.7. The van der Waals surface area contributed by atoms with E-state index >= 15 is 0 Å². The number of primary amides is 1. The summed E-state index contributed by atoms with van der Waals surface area (Å²) in [6, 6.07) is 13.9. The molecule has 26 heavy (non-hydrogen) atoms. The minimum Gasteiger partial charge on any atom is -0.483 e. The average molecular weight is 463 g/mol. The molecular formula is C18H14IN3O4. The lowest BCUT2D eigenvalue weighted by molar-refractivity contribution is -0.120. The fourth-order valence-electron chi connectivity index (χ4n) is 2.36. The molecule has 3 rings (SSSR count). The van der Waals surface area contributed by atoms with Crippen LogP contribution in [0.4, 0.5) is 5.69 Å². The van der Waals surface area contributed by atoms with Crippen molar-refractivity contribution in [2.24, 2.45) is 5.73 Å². The van der Waals surface area contributed by atoms with Crippen molar-refractivity contribution >= 4 is 52.1 Å². The molecule has 1 aliphatic rings. The summed E-state index contributed by atoms with van der Waals surface area (Å²) in [6.07, 6.45) is 1.51. The number of benzene rings is 2. The topological polar surface area (TPSA) is 102 Å². The Balaban J connectivity index is 1.83. The van der Waals surface area contributed by atoms with E-state index in [0.29, 0.717) is 17.0 Å². The van der Waals surface area contributed by atoms with Crippen LogP contribution in [0.2, 0.25) is 0 Å². The highest BCUT2D eigenvalue weighted by atomic mass is 127. The van der Waals surface area contributed by atoms with Gasteiger partial charge in [0.15, 0.2) is 6.61 Å². The van der Waals surface area contributed by atoms with Gasteiger partial charge in [0.25, 0.3) is 17.7 Å². The number of hydrogen-bond acceptors (Lipinski definition) is 4. The number of ether oxygens (including phenoxy) is 1. The number of nitrogens with two attached hydrogens (primary N) is 1. The number of rotatable bonds is 5. The molecule has 0 spiro atoms. The lowest BCUT2D eigenvalue weighted by Crippen LogP contribution is -2.35. The van der Waals surface area contributed by atoms with Gasteiger partial charge in [-0.2, -0.15) is 0 Å². The van der Waals surface area contributed by atoms with Crippen LogP contribution in [-0.2, 0) is 14.4 Å². The van der Waals surface area contributed by atoms with Crippen molar-refractivity contribution < 1.29 is 19.1 Å². The van der Waals surface area contributed by atoms with E-state index in [0.717, 1.165) is 3.57 Å². The van der Waals surface area contributed by atoms with Crippen LogP contribution in [0.25, 0.3) is 6.08 Å². The van der Waals surface area contributed by atoms with E-state index in [4.69, 9.17) is 10.5 Å². The van der Waals surface area contributed by atoms with E-state index in [1.54, 1.807) is 42.5 Å². The Labute approximate surface area is 162 Å². The van der Waals surface area contributed by atoms with Crippen LogP contribution in [0.5, 0.6) is 5.75 Å². The second-order valence-electron chi connectivity index (χ2n) is 5.42. The molecule has 0 aromatic heterocycles. The van der Waals surface area contributed by atoms with Crippen LogP contribution in [-0.4, -0.2) is 24.3 Å². The Morgan fingerprint density at radius 3 is 2.58 bits per heavy atom. The molecule has 8 heteroatoms. The van der Waals surface area contributed by atoms with Crippen LogP contribution in [0, 0.1) is 3.57 Å². The second-order valence-corrected chi connectivity index (χ2v) is 6.58. The number of hydrogen-bond donors (Lipinski definition) is 2. The zero-order valence-corrected chi connectivity index (χ0v) is 15.6. The number of nitrogens with zero attached hydrogens (tertiary/aromatic N) is 1. The first-order chi connectivity index (χ1) is 12.5. The highest BCUT2D eigenvalue weighted by molar-refractivity contribution is 14.1. The molecule has 1 saturated heterocycles. The Bertz CT molecular complexity index is 912. The number of carbonyl (C=O) groups excluding carboxylic acids is 3. The van der Waals surface area contributed by atoms with Crippen molar-refractivity contribution in [2.45, 2.75) is 0 Å². The number of anilines is 1. The Hall–Kier alpha value is -2.88. The minimum absolute atomic E-state index is 0.0375. The van der Waals surface area contributed by atoms with Gasteiger partial charge in [-0.3, -0.25) is 19.8 Å². The molecule has 0 saturated carbocycles. The highest BCUT2D eigenvalue weighted by Gasteiger charge is 2.34. The molecule has 0 radical (unpaired) electrons. The van der Waals surface area contributed by atoms with Crippen LogP contribution in [0.3, 0.4) is 0 Å². The number of amides is 3. The average Bonchev–Trinajstić information content (AvgIpc) is 2.90. The van der Waals surface area contributed by atoms with Gasteiger partial charge in [-0.25, -0.2) is 5.01 Å². The Kier molecular flexibility index (Phi) is 5.21. The summed E-state index contributed by atoms with van der Waals surface area (Å²) < 4.78 is 6.01. The summed E-state index contributed by atoms with van der Waals surface area (Å²) in [5.74, 6) is -0.964. The molecule has 1 aliphatic heterocycles. The molecule has 1 heterocycles. The van der Waals surface area contributed by atoms with Gasteiger partial charge in [-0.1, -0.05) is 24.3 Å². The highest BCUT2D eigenvalue weighted by Crippen LogP contribution is 2.25. The number of nitrogens with one attached hydrogen (secondary N) is 1. The monoisotopic (exact) mass is 463 g/mol. The largest absolute Gasteiger partial charge is 0.483 e. The van der Waals surface area contributed by atoms with Gasteiger partial charge in [0.2, 0.25) is 0 Å². The van der Waals surface area contributed by atoms with Crippen molar-refractivity contribution in [3.05, 3.63) is 63.2 Å². The predicted molar refractivity (Wildman–Crippen MR) is 104 cm³/mol. The summed E-state index contributed by atoms with van der Waals surface area (Å²) >= 11 is 2.04. The minimum atomic E-state index is -0.568. The zero-order valence-electron chi connectivity index (χ0n) is 13.4. The molecule has 0 unspecified atom stereocenters. The summed E-state index contributed by atoms with van der Waals surface area (Å²) in [6.45, 7) is -0.219. The van der Waals surface area contributed by atoms with Crippen molar-refractivity contribution in [1.82, 2.24) is 5.43 Å². The van der Waals surface area contributed by atoms with Crippen LogP contribution < -0.4 is 20.9 Å². The second kappa shape index (κ2) is 7.56. The maximum Gasteiger partial charge on any atom is 0.282 e. The first-order valence-electron chi connectivity index (χ1n) is 7.58. The normalized spacial score (nSPS) is 15.3. The maximum absolute atomic E-state index is 12.5. The lowest BCUT2D eigenvalue weighted by atomic mass is 10.1. The molecule has 7 nitrogen and oxygen atoms in total. The summed E-state index contributed by atoms with van der Waals surface area (Å²) in [4.78, 5) is 35.5. The SMILES string of the molecule is NC(=O)COc1ccc(C=C2C(=O)NN(c3ccccc3)C2=O)cc1I. The van der Waals surface area contributed by atoms with Crippen molar-refractivity contribution in [2.75, 3.05) is 11.6 Å². The molecular weight excluding hydrogens is 449 g/mol. The molecule has 0 bridgehead atoms. The first kappa shape index (κ1) is 17.9. The third-order valence-corrected chi connectivity index (χ3v) is 4.39. The van der Waals surface area contributed by atoms with Gasteiger partial charge >= 0.3 is 0 Å². The van der Waals surface area contributed by atoms with E-state index in [2.05, 4.69) is 5.43 Å². The van der Waals surface area contributed by atoms with Gasteiger partial charge in [0.1, 0.15) is 11.3 Å². The van der Waals surface area contributed by atoms with Crippen molar-refractivity contribution in [3.8, 4) is 5.75 Å². The summed E-state index contributed by atoms with van der Waals surface area (Å²) in [5.41, 5.74) is 8.89. The Morgan fingerprint density at radius 1 is 1.19 bits per heavy atom. The van der Waals surface area contributed by atoms with E-state index in [1.165, 1.54) is 11.1 Å². The molecule has 3 N–H and O–H groups in total. The van der Waals surface area contributed by atoms with E-state index < -0.39 is 17.7 Å². The van der Waals surface area contributed by atoms with Crippen molar-refractivity contribution in [3.63, 3.8) is 0 Å². The predicted octanol–water partition coefficient (Wildman–Crippen LogP) is 1.62. The van der Waals surface area contributed by atoms with Crippen LogP contribution in [0.15, 0.2) is 54.1 Å². The van der Waals surface area contributed by atoms with Crippen LogP contribution in [0.1, 0.15) is 5.56 Å². The van der Waals surface area contributed by atoms with E-state index in [9.17, 15) is 14.4 Å². The molecule has 3 amide bonds. The molecule has 2 aromatic carbocycles. The van der Waals surface area contributed by atoms with Gasteiger partial charge < -0.3 is 10.5 Å². The van der Waals surface area contributed by atoms with Gasteiger partial charge in [-0.15, -0.1) is 0 Å². The third-order valence-electron chi connectivity index (χ3n) is 3.54. The molecule has 132 valence electrons. The Morgan fingerprint density at radius 2 is 1.92 bits per heavy atom. The number of para-hydroxylation sites is 1. The van der Waals surface area contributed by atoms with Gasteiger partial charge in [0.05, 0.1) is 9.26 Å². The fourth-order valence-corrected chi connectivity index (χ4v) is 3.05. The van der Waals surface area contributed by atoms with Gasteiger partial charge in [0, 0.05) is 0 Å². The lowest BCUT2D eigenvalue weighted by Gasteiger charge is -2.13. The smallest absolute Gasteiger partial charge is 0.282 e.